The maximum absolute atomic E-state index is 13.3. The highest BCUT2D eigenvalue weighted by Crippen LogP contribution is 2.34. The Balaban J connectivity index is 1.82. The van der Waals surface area contributed by atoms with Crippen molar-refractivity contribution < 1.29 is 13.2 Å². The van der Waals surface area contributed by atoms with E-state index in [1.165, 1.54) is 6.20 Å². The summed E-state index contributed by atoms with van der Waals surface area (Å²) in [6.45, 7) is 0.424. The molecule has 0 atom stereocenters. The minimum Gasteiger partial charge on any atom is -0.497 e. The van der Waals surface area contributed by atoms with Crippen LogP contribution < -0.4 is 10.1 Å². The number of pyridine rings is 1. The Bertz CT molecular complexity index is 1290. The Kier molecular flexibility index (Phi) is 5.61. The van der Waals surface area contributed by atoms with E-state index in [1.807, 2.05) is 24.3 Å². The Morgan fingerprint density at radius 3 is 2.43 bits per heavy atom. The molecular formula is C23H19ClN2O3S. The van der Waals surface area contributed by atoms with Gasteiger partial charge in [-0.05, 0) is 48.0 Å². The number of hydrogen-bond acceptors (Lipinski definition) is 5. The zero-order valence-electron chi connectivity index (χ0n) is 16.2. The number of fused-ring (bicyclic) bond motifs is 1. The summed E-state index contributed by atoms with van der Waals surface area (Å²) < 4.78 is 31.9. The molecule has 0 unspecified atom stereocenters. The molecule has 0 aliphatic heterocycles. The van der Waals surface area contributed by atoms with E-state index < -0.39 is 9.84 Å². The SMILES string of the molecule is COc1ccc(CNc2c(S(=O)(=O)c3ccccc3)cnc3ccc(Cl)cc23)cc1. The van der Waals surface area contributed by atoms with Crippen LogP contribution in [0.5, 0.6) is 5.75 Å². The second-order valence-corrected chi connectivity index (χ2v) is 9.03. The fraction of sp³-hybridized carbons (Fsp3) is 0.0870. The van der Waals surface area contributed by atoms with Crippen LogP contribution in [0.25, 0.3) is 10.9 Å². The highest BCUT2D eigenvalue weighted by molar-refractivity contribution is 7.91. The van der Waals surface area contributed by atoms with Crippen molar-refractivity contribution in [2.45, 2.75) is 16.3 Å². The van der Waals surface area contributed by atoms with Crippen LogP contribution in [0, 0.1) is 0 Å². The number of methoxy groups -OCH3 is 1. The van der Waals surface area contributed by atoms with Crippen LogP contribution in [0.2, 0.25) is 5.02 Å². The van der Waals surface area contributed by atoms with E-state index in [1.54, 1.807) is 55.6 Å². The summed E-state index contributed by atoms with van der Waals surface area (Å²) in [5.74, 6) is 0.757. The summed E-state index contributed by atoms with van der Waals surface area (Å²) in [6, 6.07) is 21.1. The predicted molar refractivity (Wildman–Crippen MR) is 119 cm³/mol. The van der Waals surface area contributed by atoms with Gasteiger partial charge in [0.1, 0.15) is 10.6 Å². The van der Waals surface area contributed by atoms with Crippen molar-refractivity contribution in [2.24, 2.45) is 0 Å². The van der Waals surface area contributed by atoms with Crippen LogP contribution in [-0.4, -0.2) is 20.5 Å². The number of aromatic nitrogens is 1. The first-order valence-electron chi connectivity index (χ1n) is 9.24. The van der Waals surface area contributed by atoms with Crippen molar-refractivity contribution in [2.75, 3.05) is 12.4 Å². The van der Waals surface area contributed by atoms with Gasteiger partial charge in [-0.1, -0.05) is 41.9 Å². The monoisotopic (exact) mass is 438 g/mol. The quantitative estimate of drug-likeness (QED) is 0.440. The molecule has 3 aromatic carbocycles. The normalized spacial score (nSPS) is 11.4. The van der Waals surface area contributed by atoms with Gasteiger partial charge in [0.15, 0.2) is 0 Å². The fourth-order valence-electron chi connectivity index (χ4n) is 3.19. The van der Waals surface area contributed by atoms with Crippen molar-refractivity contribution in [3.8, 4) is 5.75 Å². The molecule has 0 aliphatic rings. The molecule has 0 aliphatic carbocycles. The van der Waals surface area contributed by atoms with E-state index in [4.69, 9.17) is 16.3 Å². The number of anilines is 1. The van der Waals surface area contributed by atoms with Crippen molar-refractivity contribution in [1.82, 2.24) is 4.98 Å². The molecule has 0 saturated carbocycles. The summed E-state index contributed by atoms with van der Waals surface area (Å²) in [5.41, 5.74) is 2.11. The summed E-state index contributed by atoms with van der Waals surface area (Å²) in [6.07, 6.45) is 1.40. The van der Waals surface area contributed by atoms with Gasteiger partial charge >= 0.3 is 0 Å². The van der Waals surface area contributed by atoms with Crippen LogP contribution in [-0.2, 0) is 16.4 Å². The first kappa shape index (κ1) is 20.2. The Morgan fingerprint density at radius 1 is 1.00 bits per heavy atom. The third-order valence-corrected chi connectivity index (χ3v) is 6.78. The Morgan fingerprint density at radius 2 is 1.73 bits per heavy atom. The van der Waals surface area contributed by atoms with E-state index >= 15 is 0 Å². The van der Waals surface area contributed by atoms with Gasteiger partial charge < -0.3 is 10.1 Å². The molecule has 7 heteroatoms. The number of sulfone groups is 1. The highest BCUT2D eigenvalue weighted by Gasteiger charge is 2.23. The second-order valence-electron chi connectivity index (χ2n) is 6.68. The van der Waals surface area contributed by atoms with Gasteiger partial charge in [-0.15, -0.1) is 0 Å². The minimum atomic E-state index is -3.78. The number of benzene rings is 3. The summed E-state index contributed by atoms with van der Waals surface area (Å²) >= 11 is 6.21. The lowest BCUT2D eigenvalue weighted by Crippen LogP contribution is -2.09. The van der Waals surface area contributed by atoms with Gasteiger partial charge in [0.05, 0.1) is 23.2 Å². The largest absolute Gasteiger partial charge is 0.497 e. The van der Waals surface area contributed by atoms with Crippen LogP contribution in [0.1, 0.15) is 5.56 Å². The average molecular weight is 439 g/mol. The maximum Gasteiger partial charge on any atom is 0.210 e. The molecule has 1 heterocycles. The standard InChI is InChI=1S/C23H19ClN2O3S/c1-29-18-10-7-16(8-11-18)14-26-23-20-13-17(24)9-12-21(20)25-15-22(23)30(27,28)19-5-3-2-4-6-19/h2-13,15H,14H2,1H3,(H,25,26). The van der Waals surface area contributed by atoms with E-state index in [0.29, 0.717) is 28.2 Å². The number of rotatable bonds is 6. The van der Waals surface area contributed by atoms with Crippen LogP contribution in [0.4, 0.5) is 5.69 Å². The van der Waals surface area contributed by atoms with Crippen molar-refractivity contribution in [1.29, 1.82) is 0 Å². The molecule has 0 amide bonds. The first-order valence-corrected chi connectivity index (χ1v) is 11.1. The molecule has 0 bridgehead atoms. The smallest absolute Gasteiger partial charge is 0.210 e. The van der Waals surface area contributed by atoms with E-state index in [9.17, 15) is 8.42 Å². The third-order valence-electron chi connectivity index (χ3n) is 4.77. The van der Waals surface area contributed by atoms with Gasteiger partial charge in [0.2, 0.25) is 9.84 Å². The maximum atomic E-state index is 13.3. The molecule has 1 N–H and O–H groups in total. The van der Waals surface area contributed by atoms with Crippen molar-refractivity contribution >= 4 is 38.0 Å². The third kappa shape index (κ3) is 3.97. The molecule has 5 nitrogen and oxygen atoms in total. The number of hydrogen-bond donors (Lipinski definition) is 1. The highest BCUT2D eigenvalue weighted by atomic mass is 35.5. The predicted octanol–water partition coefficient (Wildman–Crippen LogP) is 5.34. The van der Waals surface area contributed by atoms with Crippen LogP contribution in [0.15, 0.2) is 88.8 Å². The topological polar surface area (TPSA) is 68.3 Å². The molecule has 0 spiro atoms. The summed E-state index contributed by atoms with van der Waals surface area (Å²) in [7, 11) is -2.17. The second kappa shape index (κ2) is 8.34. The Labute approximate surface area is 180 Å². The summed E-state index contributed by atoms with van der Waals surface area (Å²) in [4.78, 5) is 4.68. The van der Waals surface area contributed by atoms with Gasteiger partial charge in [-0.25, -0.2) is 8.42 Å². The minimum absolute atomic E-state index is 0.108. The number of halogens is 1. The van der Waals surface area contributed by atoms with Gasteiger partial charge in [-0.2, -0.15) is 0 Å². The molecule has 152 valence electrons. The zero-order chi connectivity index (χ0) is 21.1. The van der Waals surface area contributed by atoms with Gasteiger partial charge in [0, 0.05) is 23.2 Å². The molecular weight excluding hydrogens is 420 g/mol. The van der Waals surface area contributed by atoms with E-state index in [-0.39, 0.29) is 9.79 Å². The van der Waals surface area contributed by atoms with Crippen LogP contribution >= 0.6 is 11.6 Å². The van der Waals surface area contributed by atoms with Crippen LogP contribution in [0.3, 0.4) is 0 Å². The average Bonchev–Trinajstić information content (AvgIpc) is 2.78. The number of ether oxygens (including phenoxy) is 1. The summed E-state index contributed by atoms with van der Waals surface area (Å²) in [5, 5.41) is 4.45. The molecule has 4 rings (SSSR count). The molecule has 0 fully saturated rings. The fourth-order valence-corrected chi connectivity index (χ4v) is 4.78. The molecule has 1 aromatic heterocycles. The lowest BCUT2D eigenvalue weighted by molar-refractivity contribution is 0.414. The van der Waals surface area contributed by atoms with Crippen molar-refractivity contribution in [3.63, 3.8) is 0 Å². The van der Waals surface area contributed by atoms with Crippen molar-refractivity contribution in [3.05, 3.63) is 89.6 Å². The molecule has 4 aromatic rings. The zero-order valence-corrected chi connectivity index (χ0v) is 17.7. The van der Waals surface area contributed by atoms with Gasteiger partial charge in [0.25, 0.3) is 0 Å². The van der Waals surface area contributed by atoms with Gasteiger partial charge in [-0.3, -0.25) is 4.98 Å². The molecule has 30 heavy (non-hydrogen) atoms. The number of nitrogens with one attached hydrogen (secondary N) is 1. The Hall–Kier alpha value is -3.09. The number of nitrogens with zero attached hydrogens (tertiary/aromatic N) is 1. The van der Waals surface area contributed by atoms with E-state index in [2.05, 4.69) is 10.3 Å². The molecule has 0 saturated heterocycles. The lowest BCUT2D eigenvalue weighted by atomic mass is 10.1. The van der Waals surface area contributed by atoms with E-state index in [0.717, 1.165) is 11.3 Å². The molecule has 0 radical (unpaired) electrons. The first-order chi connectivity index (χ1) is 14.5. The lowest BCUT2D eigenvalue weighted by Gasteiger charge is -2.16.